The number of carbonyl (C=O) groups excluding carboxylic acids is 2. The van der Waals surface area contributed by atoms with Crippen LogP contribution in [0.3, 0.4) is 0 Å². The standard InChI is InChI=1S/C10H17N2O6P/c1-5-6-10(4)8(14)12-11-7(13)9(2,3)16-19(15,17-10)18-12/h5-6H2,1-4H3,(H,11,13). The highest BCUT2D eigenvalue weighted by Gasteiger charge is 2.58. The van der Waals surface area contributed by atoms with Gasteiger partial charge in [-0.15, -0.1) is 9.80 Å². The largest absolute Gasteiger partial charge is 0.500 e. The number of carbonyl (C=O) groups is 2. The molecule has 1 N–H and O–H groups in total. The summed E-state index contributed by atoms with van der Waals surface area (Å²) in [5.41, 5.74) is -0.545. The molecule has 2 aliphatic heterocycles. The van der Waals surface area contributed by atoms with Gasteiger partial charge in [0.15, 0.2) is 11.2 Å². The van der Waals surface area contributed by atoms with Crippen LogP contribution in [0.25, 0.3) is 0 Å². The fourth-order valence-electron chi connectivity index (χ4n) is 1.94. The second kappa shape index (κ2) is 4.28. The van der Waals surface area contributed by atoms with Gasteiger partial charge < -0.3 is 0 Å². The summed E-state index contributed by atoms with van der Waals surface area (Å²) in [5.74, 6) is -1.25. The van der Waals surface area contributed by atoms with Gasteiger partial charge in [-0.25, -0.2) is 9.99 Å². The molecule has 8 nitrogen and oxygen atoms in total. The Kier molecular flexibility index (Phi) is 3.25. The van der Waals surface area contributed by atoms with Crippen molar-refractivity contribution < 1.29 is 27.8 Å². The molecule has 2 bridgehead atoms. The average molecular weight is 292 g/mol. The molecule has 2 unspecified atom stereocenters. The van der Waals surface area contributed by atoms with Gasteiger partial charge in [0.25, 0.3) is 11.8 Å². The molecule has 0 spiro atoms. The quantitative estimate of drug-likeness (QED) is 0.770. The molecule has 2 saturated heterocycles. The van der Waals surface area contributed by atoms with Gasteiger partial charge in [0.1, 0.15) is 0 Å². The van der Waals surface area contributed by atoms with Crippen LogP contribution >= 0.6 is 7.82 Å². The Labute approximate surface area is 110 Å². The summed E-state index contributed by atoms with van der Waals surface area (Å²) in [6, 6.07) is 0. The third-order valence-electron chi connectivity index (χ3n) is 2.95. The van der Waals surface area contributed by atoms with Gasteiger partial charge in [0.05, 0.1) is 0 Å². The van der Waals surface area contributed by atoms with Crippen molar-refractivity contribution in [2.75, 3.05) is 0 Å². The number of fused-ring (bicyclic) bond motifs is 2. The number of nitrogens with one attached hydrogen (secondary N) is 1. The van der Waals surface area contributed by atoms with Crippen molar-refractivity contribution in [3.05, 3.63) is 0 Å². The molecule has 0 aromatic heterocycles. The topological polar surface area (TPSA) is 94.2 Å². The maximum atomic E-state index is 12.4. The van der Waals surface area contributed by atoms with E-state index in [0.717, 1.165) is 0 Å². The van der Waals surface area contributed by atoms with Crippen LogP contribution in [0, 0.1) is 0 Å². The zero-order chi connectivity index (χ0) is 14.5. The first-order valence-corrected chi connectivity index (χ1v) is 7.45. The molecule has 108 valence electrons. The average Bonchev–Trinajstić information content (AvgIpc) is 2.30. The van der Waals surface area contributed by atoms with Crippen LogP contribution in [0.1, 0.15) is 40.5 Å². The zero-order valence-electron chi connectivity index (χ0n) is 11.3. The molecular weight excluding hydrogens is 275 g/mol. The van der Waals surface area contributed by atoms with E-state index in [1.165, 1.54) is 20.8 Å². The maximum absolute atomic E-state index is 12.4. The molecule has 0 aliphatic carbocycles. The van der Waals surface area contributed by atoms with Crippen molar-refractivity contribution in [1.29, 1.82) is 0 Å². The van der Waals surface area contributed by atoms with Gasteiger partial charge in [-0.05, 0) is 27.2 Å². The molecular formula is C10H17N2O6P. The molecule has 0 radical (unpaired) electrons. The number of hydroxylamine groups is 1. The molecule has 2 atom stereocenters. The van der Waals surface area contributed by atoms with Crippen LogP contribution in [0.4, 0.5) is 0 Å². The molecule has 2 aliphatic rings. The number of rotatable bonds is 2. The minimum atomic E-state index is -4.03. The van der Waals surface area contributed by atoms with Crippen LogP contribution < -0.4 is 5.43 Å². The summed E-state index contributed by atoms with van der Waals surface area (Å²) in [6.45, 7) is 6.18. The smallest absolute Gasteiger partial charge is 0.270 e. The molecule has 2 heterocycles. The van der Waals surface area contributed by atoms with E-state index in [9.17, 15) is 14.2 Å². The Morgan fingerprint density at radius 1 is 1.26 bits per heavy atom. The number of hydrogen-bond donors (Lipinski definition) is 1. The van der Waals surface area contributed by atoms with Crippen molar-refractivity contribution in [3.63, 3.8) is 0 Å². The monoisotopic (exact) mass is 292 g/mol. The van der Waals surface area contributed by atoms with Crippen LogP contribution in [0.2, 0.25) is 0 Å². The summed E-state index contributed by atoms with van der Waals surface area (Å²) in [4.78, 5) is 24.0. The van der Waals surface area contributed by atoms with E-state index in [2.05, 4.69) is 5.43 Å². The van der Waals surface area contributed by atoms with Gasteiger partial charge in [-0.3, -0.25) is 18.6 Å². The Hall–Kier alpha value is -0.950. The fraction of sp³-hybridized carbons (Fsp3) is 0.800. The summed E-state index contributed by atoms with van der Waals surface area (Å²) in [5, 5.41) is 0.566. The lowest BCUT2D eigenvalue weighted by molar-refractivity contribution is -0.208. The van der Waals surface area contributed by atoms with E-state index >= 15 is 0 Å². The molecule has 0 aromatic rings. The first kappa shape index (κ1) is 14.5. The van der Waals surface area contributed by atoms with Crippen LogP contribution in [0.5, 0.6) is 0 Å². The van der Waals surface area contributed by atoms with Gasteiger partial charge in [-0.1, -0.05) is 13.3 Å². The van der Waals surface area contributed by atoms with Gasteiger partial charge >= 0.3 is 7.82 Å². The van der Waals surface area contributed by atoms with Crippen molar-refractivity contribution >= 4 is 19.6 Å². The Bertz CT molecular complexity index is 479. The lowest BCUT2D eigenvalue weighted by Crippen LogP contribution is -2.57. The molecule has 0 saturated carbocycles. The number of hydrazine groups is 1. The van der Waals surface area contributed by atoms with E-state index in [-0.39, 0.29) is 0 Å². The number of nitrogens with zero attached hydrogens (tertiary/aromatic N) is 1. The Morgan fingerprint density at radius 2 is 1.89 bits per heavy atom. The van der Waals surface area contributed by atoms with E-state index < -0.39 is 30.8 Å². The lowest BCUT2D eigenvalue weighted by atomic mass is 10.00. The van der Waals surface area contributed by atoms with Crippen LogP contribution in [-0.4, -0.2) is 28.2 Å². The number of phosphoric ester groups is 1. The summed E-state index contributed by atoms with van der Waals surface area (Å²) < 4.78 is 27.7. The SMILES string of the molecule is CCCC1(C)OP2(=O)ON(NC(=O)C(C)(C)O2)C1=O. The van der Waals surface area contributed by atoms with Crippen molar-refractivity contribution in [1.82, 2.24) is 10.6 Å². The third kappa shape index (κ3) is 2.41. The molecule has 2 rings (SSSR count). The maximum Gasteiger partial charge on any atom is 0.500 e. The second-order valence-electron chi connectivity index (χ2n) is 5.24. The van der Waals surface area contributed by atoms with Crippen molar-refractivity contribution in [2.24, 2.45) is 0 Å². The highest BCUT2D eigenvalue weighted by Crippen LogP contribution is 2.60. The molecule has 2 fully saturated rings. The predicted molar refractivity (Wildman–Crippen MR) is 63.2 cm³/mol. The molecule has 9 heteroatoms. The lowest BCUT2D eigenvalue weighted by Gasteiger charge is -2.38. The first-order valence-electron chi connectivity index (χ1n) is 5.99. The first-order chi connectivity index (χ1) is 8.62. The highest BCUT2D eigenvalue weighted by molar-refractivity contribution is 7.48. The van der Waals surface area contributed by atoms with Gasteiger partial charge in [0, 0.05) is 0 Å². The second-order valence-corrected chi connectivity index (χ2v) is 6.67. The summed E-state index contributed by atoms with van der Waals surface area (Å²) >= 11 is 0. The fourth-order valence-corrected chi connectivity index (χ4v) is 3.66. The predicted octanol–water partition coefficient (Wildman–Crippen LogP) is 1.28. The van der Waals surface area contributed by atoms with Crippen LogP contribution in [-0.2, 0) is 27.8 Å². The molecule has 19 heavy (non-hydrogen) atoms. The van der Waals surface area contributed by atoms with Crippen molar-refractivity contribution in [2.45, 2.75) is 51.7 Å². The normalized spacial score (nSPS) is 37.8. The van der Waals surface area contributed by atoms with E-state index in [1.807, 2.05) is 6.92 Å². The third-order valence-corrected chi connectivity index (χ3v) is 4.62. The zero-order valence-corrected chi connectivity index (χ0v) is 12.2. The Morgan fingerprint density at radius 3 is 2.47 bits per heavy atom. The number of hydrogen-bond acceptors (Lipinski definition) is 6. The van der Waals surface area contributed by atoms with Gasteiger partial charge in [-0.2, -0.15) is 0 Å². The molecule has 2 amide bonds. The minimum absolute atomic E-state index is 0.329. The molecule has 0 aromatic carbocycles. The number of phosphoric acid groups is 1. The van der Waals surface area contributed by atoms with Gasteiger partial charge in [0.2, 0.25) is 0 Å². The van der Waals surface area contributed by atoms with E-state index in [0.29, 0.717) is 18.0 Å². The summed E-state index contributed by atoms with van der Waals surface area (Å²) in [7, 11) is -4.03. The highest BCUT2D eigenvalue weighted by atomic mass is 31.2. The van der Waals surface area contributed by atoms with E-state index in [1.54, 1.807) is 0 Å². The van der Waals surface area contributed by atoms with Crippen molar-refractivity contribution in [3.8, 4) is 0 Å². The summed E-state index contributed by atoms with van der Waals surface area (Å²) in [6.07, 6.45) is 0.961. The van der Waals surface area contributed by atoms with E-state index in [4.69, 9.17) is 13.7 Å². The van der Waals surface area contributed by atoms with Crippen LogP contribution in [0.15, 0.2) is 0 Å². The Balaban J connectivity index is 2.42. The number of amides is 2. The minimum Gasteiger partial charge on any atom is -0.270 e.